The molecule has 1 aromatic carbocycles. The minimum atomic E-state index is -0.378. The van der Waals surface area contributed by atoms with E-state index < -0.39 is 0 Å². The molecule has 0 saturated heterocycles. The quantitative estimate of drug-likeness (QED) is 0.727. The summed E-state index contributed by atoms with van der Waals surface area (Å²) in [7, 11) is 0. The first-order chi connectivity index (χ1) is 6.65. The summed E-state index contributed by atoms with van der Waals surface area (Å²) >= 11 is 0. The van der Waals surface area contributed by atoms with Crippen LogP contribution in [0.1, 0.15) is 37.8 Å². The molecule has 4 N–H and O–H groups in total. The maximum absolute atomic E-state index is 12.8. The predicted octanol–water partition coefficient (Wildman–Crippen LogP) is 2.60. The van der Waals surface area contributed by atoms with Gasteiger partial charge in [-0.3, -0.25) is 0 Å². The molecule has 0 aliphatic heterocycles. The minimum absolute atomic E-state index is 0.0298. The Labute approximate surface area is 84.1 Å². The van der Waals surface area contributed by atoms with Crippen LogP contribution in [0.4, 0.5) is 10.1 Å². The maximum Gasteiger partial charge on any atom is 0.146 e. The van der Waals surface area contributed by atoms with Crippen molar-refractivity contribution in [1.82, 2.24) is 0 Å². The highest BCUT2D eigenvalue weighted by Crippen LogP contribution is 2.20. The molecule has 0 amide bonds. The van der Waals surface area contributed by atoms with E-state index >= 15 is 0 Å². The molecule has 1 aromatic rings. The van der Waals surface area contributed by atoms with Crippen LogP contribution in [0.3, 0.4) is 0 Å². The van der Waals surface area contributed by atoms with Gasteiger partial charge < -0.3 is 11.5 Å². The van der Waals surface area contributed by atoms with Gasteiger partial charge in [-0.2, -0.15) is 0 Å². The fourth-order valence-corrected chi connectivity index (χ4v) is 1.38. The molecule has 0 aliphatic carbocycles. The number of benzene rings is 1. The molecular weight excluding hydrogens is 179 g/mol. The molecule has 0 spiro atoms. The molecule has 0 aliphatic rings. The van der Waals surface area contributed by atoms with Crippen LogP contribution in [-0.2, 0) is 0 Å². The van der Waals surface area contributed by atoms with Crippen molar-refractivity contribution in [2.45, 2.75) is 32.2 Å². The molecule has 78 valence electrons. The summed E-state index contributed by atoms with van der Waals surface area (Å²) in [6, 6.07) is 4.66. The van der Waals surface area contributed by atoms with E-state index in [9.17, 15) is 4.39 Å². The highest BCUT2D eigenvalue weighted by molar-refractivity contribution is 5.43. The number of rotatable bonds is 4. The van der Waals surface area contributed by atoms with E-state index in [1.807, 2.05) is 0 Å². The van der Waals surface area contributed by atoms with Crippen LogP contribution in [0, 0.1) is 5.82 Å². The topological polar surface area (TPSA) is 52.0 Å². The van der Waals surface area contributed by atoms with E-state index in [4.69, 9.17) is 11.5 Å². The van der Waals surface area contributed by atoms with Crippen molar-refractivity contribution in [2.24, 2.45) is 5.73 Å². The Bertz CT molecular complexity index is 299. The van der Waals surface area contributed by atoms with Crippen LogP contribution in [0.2, 0.25) is 0 Å². The van der Waals surface area contributed by atoms with Gasteiger partial charge in [0.15, 0.2) is 0 Å². The Balaban J connectivity index is 2.70. The van der Waals surface area contributed by atoms with Crippen molar-refractivity contribution < 1.29 is 4.39 Å². The lowest BCUT2D eigenvalue weighted by Crippen LogP contribution is -2.10. The molecule has 0 fully saturated rings. The molecule has 1 unspecified atom stereocenters. The van der Waals surface area contributed by atoms with Crippen molar-refractivity contribution in [3.63, 3.8) is 0 Å². The number of unbranched alkanes of at least 4 members (excludes halogenated alkanes) is 1. The van der Waals surface area contributed by atoms with Gasteiger partial charge >= 0.3 is 0 Å². The fraction of sp³-hybridized carbons (Fsp3) is 0.455. The van der Waals surface area contributed by atoms with E-state index in [-0.39, 0.29) is 17.5 Å². The second-order valence-corrected chi connectivity index (χ2v) is 3.53. The molecule has 0 bridgehead atoms. The lowest BCUT2D eigenvalue weighted by Gasteiger charge is -2.11. The van der Waals surface area contributed by atoms with E-state index in [0.717, 1.165) is 24.8 Å². The number of nitrogen functional groups attached to an aromatic ring is 1. The van der Waals surface area contributed by atoms with Crippen LogP contribution >= 0.6 is 0 Å². The average Bonchev–Trinajstić information content (AvgIpc) is 2.18. The van der Waals surface area contributed by atoms with Gasteiger partial charge in [0.2, 0.25) is 0 Å². The Morgan fingerprint density at radius 2 is 2.14 bits per heavy atom. The average molecular weight is 196 g/mol. The lowest BCUT2D eigenvalue weighted by atomic mass is 10.0. The summed E-state index contributed by atoms with van der Waals surface area (Å²) in [5, 5.41) is 0. The Morgan fingerprint density at radius 3 is 2.71 bits per heavy atom. The van der Waals surface area contributed by atoms with E-state index in [1.165, 1.54) is 6.07 Å². The third-order valence-corrected chi connectivity index (χ3v) is 2.32. The summed E-state index contributed by atoms with van der Waals surface area (Å²) in [5.41, 5.74) is 12.5. The van der Waals surface area contributed by atoms with Crippen molar-refractivity contribution in [3.05, 3.63) is 29.6 Å². The zero-order valence-corrected chi connectivity index (χ0v) is 8.46. The predicted molar refractivity (Wildman–Crippen MR) is 57.3 cm³/mol. The summed E-state index contributed by atoms with van der Waals surface area (Å²) in [6.45, 7) is 2.12. The molecule has 14 heavy (non-hydrogen) atoms. The normalized spacial score (nSPS) is 12.8. The molecule has 3 heteroatoms. The SMILES string of the molecule is CCCCC(N)c1ccc(F)c(N)c1. The number of hydrogen-bond donors (Lipinski definition) is 2. The third-order valence-electron chi connectivity index (χ3n) is 2.32. The molecule has 1 atom stereocenters. The van der Waals surface area contributed by atoms with E-state index in [0.29, 0.717) is 0 Å². The maximum atomic E-state index is 12.8. The van der Waals surface area contributed by atoms with Gasteiger partial charge in [0, 0.05) is 6.04 Å². The fourth-order valence-electron chi connectivity index (χ4n) is 1.38. The molecule has 2 nitrogen and oxygen atoms in total. The van der Waals surface area contributed by atoms with Crippen molar-refractivity contribution in [3.8, 4) is 0 Å². The smallest absolute Gasteiger partial charge is 0.146 e. The van der Waals surface area contributed by atoms with E-state index in [2.05, 4.69) is 6.92 Å². The molecule has 0 radical (unpaired) electrons. The van der Waals surface area contributed by atoms with Crippen LogP contribution in [0.5, 0.6) is 0 Å². The first-order valence-electron chi connectivity index (χ1n) is 4.95. The number of hydrogen-bond acceptors (Lipinski definition) is 2. The van der Waals surface area contributed by atoms with Crippen molar-refractivity contribution >= 4 is 5.69 Å². The van der Waals surface area contributed by atoms with Crippen LogP contribution in [0.15, 0.2) is 18.2 Å². The first-order valence-corrected chi connectivity index (χ1v) is 4.95. The summed E-state index contributed by atoms with van der Waals surface area (Å²) in [5.74, 6) is -0.378. The van der Waals surface area contributed by atoms with Gasteiger partial charge in [0.25, 0.3) is 0 Å². The summed E-state index contributed by atoms with van der Waals surface area (Å²) in [4.78, 5) is 0. The van der Waals surface area contributed by atoms with Crippen molar-refractivity contribution in [2.75, 3.05) is 5.73 Å². The summed E-state index contributed by atoms with van der Waals surface area (Å²) < 4.78 is 12.8. The van der Waals surface area contributed by atoms with Gasteiger partial charge in [0.05, 0.1) is 5.69 Å². The van der Waals surface area contributed by atoms with Crippen molar-refractivity contribution in [1.29, 1.82) is 0 Å². The number of nitrogens with two attached hydrogens (primary N) is 2. The largest absolute Gasteiger partial charge is 0.396 e. The second kappa shape index (κ2) is 4.96. The first kappa shape index (κ1) is 11.0. The molecule has 1 rings (SSSR count). The van der Waals surface area contributed by atoms with Gasteiger partial charge in [-0.05, 0) is 24.1 Å². The van der Waals surface area contributed by atoms with Gasteiger partial charge in [-0.1, -0.05) is 25.8 Å². The van der Waals surface area contributed by atoms with Crippen LogP contribution in [-0.4, -0.2) is 0 Å². The van der Waals surface area contributed by atoms with Gasteiger partial charge in [-0.25, -0.2) is 4.39 Å². The number of anilines is 1. The molecule has 0 heterocycles. The van der Waals surface area contributed by atoms with Crippen LogP contribution in [0.25, 0.3) is 0 Å². The monoisotopic (exact) mass is 196 g/mol. The van der Waals surface area contributed by atoms with Gasteiger partial charge in [-0.15, -0.1) is 0 Å². The molecular formula is C11H17FN2. The van der Waals surface area contributed by atoms with E-state index in [1.54, 1.807) is 12.1 Å². The Kier molecular flexibility index (Phi) is 3.89. The minimum Gasteiger partial charge on any atom is -0.396 e. The second-order valence-electron chi connectivity index (χ2n) is 3.53. The zero-order valence-electron chi connectivity index (χ0n) is 8.46. The zero-order chi connectivity index (χ0) is 10.6. The van der Waals surface area contributed by atoms with Crippen LogP contribution < -0.4 is 11.5 Å². The molecule has 0 aromatic heterocycles. The standard InChI is InChI=1S/C11H17FN2/c1-2-3-4-10(13)8-5-6-9(12)11(14)7-8/h5-7,10H,2-4,13-14H2,1H3. The molecule has 0 saturated carbocycles. The number of halogens is 1. The van der Waals surface area contributed by atoms with Gasteiger partial charge in [0.1, 0.15) is 5.82 Å². The lowest BCUT2D eigenvalue weighted by molar-refractivity contribution is 0.598. The highest BCUT2D eigenvalue weighted by atomic mass is 19.1. The Hall–Kier alpha value is -1.09. The highest BCUT2D eigenvalue weighted by Gasteiger charge is 2.07. The third kappa shape index (κ3) is 2.70. The summed E-state index contributed by atoms with van der Waals surface area (Å²) in [6.07, 6.45) is 3.12. The Morgan fingerprint density at radius 1 is 1.43 bits per heavy atom.